The van der Waals surface area contributed by atoms with Gasteiger partial charge in [0.1, 0.15) is 0 Å². The van der Waals surface area contributed by atoms with E-state index in [1.54, 1.807) is 25.3 Å². The molecule has 0 fully saturated rings. The molecule has 0 aliphatic rings. The van der Waals surface area contributed by atoms with Crippen LogP contribution in [-0.2, 0) is 16.6 Å². The predicted octanol–water partition coefficient (Wildman–Crippen LogP) is 1.31. The van der Waals surface area contributed by atoms with Crippen LogP contribution in [0, 0.1) is 0 Å². The number of hydrogen-bond acceptors (Lipinski definition) is 4. The molecular formula is C11H18N2O3S. The average Bonchev–Trinajstić information content (AvgIpc) is 2.27. The summed E-state index contributed by atoms with van der Waals surface area (Å²) in [6, 6.07) is 3.55. The van der Waals surface area contributed by atoms with E-state index in [2.05, 4.69) is 9.71 Å². The first-order valence-corrected chi connectivity index (χ1v) is 7.17. The molecule has 0 saturated carbocycles. The summed E-state index contributed by atoms with van der Waals surface area (Å²) in [5, 5.41) is 0. The Labute approximate surface area is 102 Å². The maximum atomic E-state index is 11.3. The highest BCUT2D eigenvalue weighted by Crippen LogP contribution is 2.15. The summed E-state index contributed by atoms with van der Waals surface area (Å²) >= 11 is 0. The van der Waals surface area contributed by atoms with Crippen LogP contribution in [0.2, 0.25) is 0 Å². The summed E-state index contributed by atoms with van der Waals surface area (Å²) in [5.41, 5.74) is 0.734. The molecule has 0 saturated heterocycles. The van der Waals surface area contributed by atoms with Gasteiger partial charge >= 0.3 is 0 Å². The van der Waals surface area contributed by atoms with Gasteiger partial charge in [0.2, 0.25) is 15.9 Å². The van der Waals surface area contributed by atoms with Gasteiger partial charge in [0.25, 0.3) is 0 Å². The molecule has 1 aromatic heterocycles. The van der Waals surface area contributed by atoms with Crippen molar-refractivity contribution in [3.8, 4) is 5.88 Å². The molecule has 0 unspecified atom stereocenters. The highest BCUT2D eigenvalue weighted by Gasteiger charge is 2.10. The van der Waals surface area contributed by atoms with Crippen molar-refractivity contribution in [3.63, 3.8) is 0 Å². The minimum absolute atomic E-state index is 0.00596. The van der Waals surface area contributed by atoms with Gasteiger partial charge in [-0.2, -0.15) is 0 Å². The maximum Gasteiger partial charge on any atom is 0.218 e. The van der Waals surface area contributed by atoms with Crippen molar-refractivity contribution in [2.75, 3.05) is 5.75 Å². The van der Waals surface area contributed by atoms with Gasteiger partial charge in [0.05, 0.1) is 11.9 Å². The Balaban J connectivity index is 2.77. The Morgan fingerprint density at radius 1 is 1.47 bits per heavy atom. The second-order valence-electron chi connectivity index (χ2n) is 3.86. The molecule has 0 aromatic carbocycles. The van der Waals surface area contributed by atoms with E-state index in [9.17, 15) is 8.42 Å². The third kappa shape index (κ3) is 4.70. The summed E-state index contributed by atoms with van der Waals surface area (Å²) in [5.74, 6) is 0.537. The second-order valence-corrected chi connectivity index (χ2v) is 5.95. The predicted molar refractivity (Wildman–Crippen MR) is 66.3 cm³/mol. The van der Waals surface area contributed by atoms with Crippen LogP contribution in [0.15, 0.2) is 18.3 Å². The lowest BCUT2D eigenvalue weighted by Gasteiger charge is -2.13. The number of ether oxygens (including phenoxy) is 1. The van der Waals surface area contributed by atoms with E-state index in [1.165, 1.54) is 0 Å². The summed E-state index contributed by atoms with van der Waals surface area (Å²) in [4.78, 5) is 4.09. The van der Waals surface area contributed by atoms with Crippen LogP contribution in [0.4, 0.5) is 0 Å². The zero-order chi connectivity index (χ0) is 12.9. The molecule has 0 radical (unpaired) electrons. The molecule has 17 heavy (non-hydrogen) atoms. The number of aromatic nitrogens is 1. The van der Waals surface area contributed by atoms with Crippen LogP contribution < -0.4 is 9.46 Å². The van der Waals surface area contributed by atoms with Gasteiger partial charge in [0.15, 0.2) is 0 Å². The molecule has 1 rings (SSSR count). The molecular weight excluding hydrogens is 240 g/mol. The molecule has 1 N–H and O–H groups in total. The van der Waals surface area contributed by atoms with Crippen LogP contribution in [0.5, 0.6) is 5.88 Å². The van der Waals surface area contributed by atoms with Crippen LogP contribution >= 0.6 is 0 Å². The zero-order valence-electron chi connectivity index (χ0n) is 10.3. The molecule has 0 spiro atoms. The molecule has 96 valence electrons. The van der Waals surface area contributed by atoms with Crippen molar-refractivity contribution < 1.29 is 13.2 Å². The van der Waals surface area contributed by atoms with Crippen molar-refractivity contribution >= 4 is 10.0 Å². The topological polar surface area (TPSA) is 68.3 Å². The summed E-state index contributed by atoms with van der Waals surface area (Å²) < 4.78 is 30.7. The Morgan fingerprint density at radius 3 is 2.76 bits per heavy atom. The fourth-order valence-electron chi connectivity index (χ4n) is 1.18. The van der Waals surface area contributed by atoms with E-state index in [0.717, 1.165) is 5.56 Å². The van der Waals surface area contributed by atoms with Crippen LogP contribution in [-0.4, -0.2) is 25.3 Å². The number of hydrogen-bond donors (Lipinski definition) is 1. The zero-order valence-corrected chi connectivity index (χ0v) is 11.1. The first-order chi connectivity index (χ1) is 7.94. The quantitative estimate of drug-likeness (QED) is 0.835. The molecule has 1 aromatic rings. The lowest BCUT2D eigenvalue weighted by Crippen LogP contribution is -2.25. The maximum absolute atomic E-state index is 11.3. The lowest BCUT2D eigenvalue weighted by molar-refractivity contribution is 0.230. The fraction of sp³-hybridized carbons (Fsp3) is 0.545. The molecule has 1 heterocycles. The second kappa shape index (κ2) is 5.97. The van der Waals surface area contributed by atoms with Gasteiger partial charge in [-0.1, -0.05) is 6.07 Å². The molecule has 0 aliphatic carbocycles. The first kappa shape index (κ1) is 13.9. The smallest absolute Gasteiger partial charge is 0.218 e. The van der Waals surface area contributed by atoms with E-state index < -0.39 is 10.0 Å². The lowest BCUT2D eigenvalue weighted by atomic mass is 10.3. The Kier molecular flexibility index (Phi) is 4.89. The summed E-state index contributed by atoms with van der Waals surface area (Å²) in [7, 11) is -3.20. The number of rotatable bonds is 6. The summed E-state index contributed by atoms with van der Waals surface area (Å²) in [6.07, 6.45) is 1.63. The first-order valence-electron chi connectivity index (χ1n) is 5.52. The Bertz CT molecular complexity index is 458. The largest absolute Gasteiger partial charge is 0.475 e. The molecule has 6 heteroatoms. The molecule has 0 bridgehead atoms. The number of sulfonamides is 1. The SMILES string of the molecule is CCS(=O)(=O)NCc1cccnc1OC(C)C. The van der Waals surface area contributed by atoms with E-state index in [0.29, 0.717) is 5.88 Å². The van der Waals surface area contributed by atoms with Gasteiger partial charge in [-0.05, 0) is 26.8 Å². The number of pyridine rings is 1. The highest BCUT2D eigenvalue weighted by atomic mass is 32.2. The third-order valence-corrected chi connectivity index (χ3v) is 3.40. The third-order valence-electron chi connectivity index (χ3n) is 2.06. The van der Waals surface area contributed by atoms with E-state index in [-0.39, 0.29) is 18.4 Å². The fourth-order valence-corrected chi connectivity index (χ4v) is 1.76. The van der Waals surface area contributed by atoms with Gasteiger partial charge < -0.3 is 4.74 Å². The van der Waals surface area contributed by atoms with Gasteiger partial charge in [-0.25, -0.2) is 18.1 Å². The van der Waals surface area contributed by atoms with Crippen molar-refractivity contribution in [1.29, 1.82) is 0 Å². The number of nitrogens with zero attached hydrogens (tertiary/aromatic N) is 1. The molecule has 0 aliphatic heterocycles. The van der Waals surface area contributed by atoms with Crippen LogP contribution in [0.3, 0.4) is 0 Å². The molecule has 0 amide bonds. The van der Waals surface area contributed by atoms with Crippen molar-refractivity contribution in [2.24, 2.45) is 0 Å². The van der Waals surface area contributed by atoms with Gasteiger partial charge in [0, 0.05) is 18.3 Å². The monoisotopic (exact) mass is 258 g/mol. The molecule has 5 nitrogen and oxygen atoms in total. The highest BCUT2D eigenvalue weighted by molar-refractivity contribution is 7.89. The average molecular weight is 258 g/mol. The Morgan fingerprint density at radius 2 is 2.18 bits per heavy atom. The van der Waals surface area contributed by atoms with Gasteiger partial charge in [-0.15, -0.1) is 0 Å². The van der Waals surface area contributed by atoms with Crippen LogP contribution in [0.1, 0.15) is 26.3 Å². The van der Waals surface area contributed by atoms with E-state index in [1.807, 2.05) is 13.8 Å². The van der Waals surface area contributed by atoms with Crippen molar-refractivity contribution in [1.82, 2.24) is 9.71 Å². The number of nitrogens with one attached hydrogen (secondary N) is 1. The normalized spacial score (nSPS) is 11.8. The summed E-state index contributed by atoms with van der Waals surface area (Å²) in [6.45, 7) is 5.59. The van der Waals surface area contributed by atoms with Crippen molar-refractivity contribution in [3.05, 3.63) is 23.9 Å². The van der Waals surface area contributed by atoms with Crippen molar-refractivity contribution in [2.45, 2.75) is 33.4 Å². The standard InChI is InChI=1S/C11H18N2O3S/c1-4-17(14,15)13-8-10-6-5-7-12-11(10)16-9(2)3/h5-7,9,13H,4,8H2,1-3H3. The van der Waals surface area contributed by atoms with Gasteiger partial charge in [-0.3, -0.25) is 0 Å². The minimum Gasteiger partial charge on any atom is -0.475 e. The van der Waals surface area contributed by atoms with E-state index in [4.69, 9.17) is 4.74 Å². The molecule has 0 atom stereocenters. The minimum atomic E-state index is -3.20. The van der Waals surface area contributed by atoms with E-state index >= 15 is 0 Å². The Hall–Kier alpha value is -1.14. The van der Waals surface area contributed by atoms with Crippen LogP contribution in [0.25, 0.3) is 0 Å².